The number of amides is 4. The van der Waals surface area contributed by atoms with Gasteiger partial charge in [-0.25, -0.2) is 4.79 Å². The Morgan fingerprint density at radius 3 is 2.46 bits per heavy atom. The largest absolute Gasteiger partial charge is 0.385 e. The van der Waals surface area contributed by atoms with Gasteiger partial charge >= 0.3 is 6.03 Å². The molecule has 2 saturated heterocycles. The van der Waals surface area contributed by atoms with Crippen LogP contribution in [0.5, 0.6) is 0 Å². The molecule has 1 aliphatic carbocycles. The van der Waals surface area contributed by atoms with Crippen molar-refractivity contribution in [2.75, 3.05) is 67.1 Å². The molecule has 3 fully saturated rings. The first-order valence-electron chi connectivity index (χ1n) is 12.6. The van der Waals surface area contributed by atoms with Gasteiger partial charge in [0.15, 0.2) is 0 Å². The van der Waals surface area contributed by atoms with Crippen molar-refractivity contribution < 1.29 is 19.1 Å². The number of hydrogen-bond donors (Lipinski definition) is 1. The molecule has 0 aromatic heterocycles. The summed E-state index contributed by atoms with van der Waals surface area (Å²) in [6, 6.07) is 10.6. The van der Waals surface area contributed by atoms with Crippen LogP contribution < -0.4 is 5.32 Å². The van der Waals surface area contributed by atoms with Gasteiger partial charge in [0, 0.05) is 45.4 Å². The number of urea groups is 1. The van der Waals surface area contributed by atoms with E-state index in [4.69, 9.17) is 4.74 Å². The quantitative estimate of drug-likeness (QED) is 0.564. The molecule has 2 aliphatic heterocycles. The van der Waals surface area contributed by atoms with E-state index >= 15 is 0 Å². The molecule has 1 aromatic rings. The third kappa shape index (κ3) is 5.02. The van der Waals surface area contributed by atoms with Gasteiger partial charge in [-0.15, -0.1) is 0 Å². The summed E-state index contributed by atoms with van der Waals surface area (Å²) in [6.07, 6.45) is 4.37. The lowest BCUT2D eigenvalue weighted by molar-refractivity contribution is -0.138. The number of benzene rings is 1. The van der Waals surface area contributed by atoms with Crippen LogP contribution in [0.25, 0.3) is 0 Å². The molecule has 35 heavy (non-hydrogen) atoms. The molecule has 4 amide bonds. The first kappa shape index (κ1) is 25.4. The van der Waals surface area contributed by atoms with Crippen molar-refractivity contribution in [1.29, 1.82) is 0 Å². The van der Waals surface area contributed by atoms with Crippen molar-refractivity contribution in [3.63, 3.8) is 0 Å². The predicted molar refractivity (Wildman–Crippen MR) is 133 cm³/mol. The fourth-order valence-electron chi connectivity index (χ4n) is 6.12. The van der Waals surface area contributed by atoms with Crippen LogP contribution in [-0.4, -0.2) is 110 Å². The van der Waals surface area contributed by atoms with Crippen LogP contribution in [0.4, 0.5) is 4.79 Å². The Bertz CT molecular complexity index is 914. The highest BCUT2D eigenvalue weighted by atomic mass is 16.5. The molecular formula is C26H39N5O4. The molecule has 1 aromatic carbocycles. The van der Waals surface area contributed by atoms with Crippen molar-refractivity contribution in [1.82, 2.24) is 24.9 Å². The standard InChI is InChI=1S/C26H39N5O4/c1-28(2)26(21-8-5-4-6-9-21)12-10-25(11-13-26)20-30(24(34)31(25)15-7-17-35-3)19-23(33)29-16-14-27-22(32)18-29/h4-6,8-9H,7,10-20H2,1-3H3,(H,27,32)/t25-,26-. The van der Waals surface area contributed by atoms with E-state index in [9.17, 15) is 14.4 Å². The van der Waals surface area contributed by atoms with Gasteiger partial charge in [0.1, 0.15) is 6.54 Å². The van der Waals surface area contributed by atoms with Gasteiger partial charge in [-0.2, -0.15) is 0 Å². The number of nitrogens with zero attached hydrogens (tertiary/aromatic N) is 4. The Balaban J connectivity index is 1.52. The molecule has 2 heterocycles. The molecule has 3 aliphatic rings. The van der Waals surface area contributed by atoms with E-state index in [2.05, 4.69) is 48.6 Å². The lowest BCUT2D eigenvalue weighted by Gasteiger charge is -2.51. The minimum Gasteiger partial charge on any atom is -0.385 e. The van der Waals surface area contributed by atoms with Gasteiger partial charge in [-0.05, 0) is 51.8 Å². The van der Waals surface area contributed by atoms with Crippen molar-refractivity contribution in [2.24, 2.45) is 0 Å². The second-order valence-corrected chi connectivity index (χ2v) is 10.3. The van der Waals surface area contributed by atoms with Gasteiger partial charge in [-0.1, -0.05) is 30.3 Å². The first-order valence-corrected chi connectivity index (χ1v) is 12.6. The normalized spacial score (nSPS) is 27.1. The zero-order chi connectivity index (χ0) is 25.1. The summed E-state index contributed by atoms with van der Waals surface area (Å²) in [5.41, 5.74) is 0.946. The van der Waals surface area contributed by atoms with Crippen molar-refractivity contribution in [3.05, 3.63) is 35.9 Å². The Labute approximate surface area is 208 Å². The minimum absolute atomic E-state index is 0.0200. The van der Waals surface area contributed by atoms with Crippen LogP contribution in [0.3, 0.4) is 0 Å². The maximum Gasteiger partial charge on any atom is 0.321 e. The third-order valence-electron chi connectivity index (χ3n) is 8.18. The van der Waals surface area contributed by atoms with E-state index < -0.39 is 0 Å². The number of nitrogens with one attached hydrogen (secondary N) is 1. The van der Waals surface area contributed by atoms with Crippen LogP contribution in [0.1, 0.15) is 37.7 Å². The molecule has 1 N–H and O–H groups in total. The third-order valence-corrected chi connectivity index (χ3v) is 8.18. The summed E-state index contributed by atoms with van der Waals surface area (Å²) in [5.74, 6) is -0.312. The second-order valence-electron chi connectivity index (χ2n) is 10.3. The number of rotatable bonds is 8. The predicted octanol–water partition coefficient (Wildman–Crippen LogP) is 1.49. The summed E-state index contributed by atoms with van der Waals surface area (Å²) < 4.78 is 5.26. The van der Waals surface area contributed by atoms with Crippen LogP contribution in [0.2, 0.25) is 0 Å². The van der Waals surface area contributed by atoms with E-state index in [-0.39, 0.29) is 42.0 Å². The van der Waals surface area contributed by atoms with Gasteiger partial charge < -0.3 is 24.8 Å². The molecule has 0 radical (unpaired) electrons. The summed E-state index contributed by atoms with van der Waals surface area (Å²) >= 11 is 0. The minimum atomic E-state index is -0.293. The lowest BCUT2D eigenvalue weighted by atomic mass is 9.68. The average Bonchev–Trinajstić information content (AvgIpc) is 3.10. The van der Waals surface area contributed by atoms with E-state index in [1.807, 2.05) is 11.0 Å². The molecule has 9 heteroatoms. The van der Waals surface area contributed by atoms with Crippen LogP contribution in [0.15, 0.2) is 30.3 Å². The fourth-order valence-corrected chi connectivity index (χ4v) is 6.12. The molecule has 0 bridgehead atoms. The summed E-state index contributed by atoms with van der Waals surface area (Å²) in [5, 5.41) is 2.74. The summed E-state index contributed by atoms with van der Waals surface area (Å²) in [4.78, 5) is 45.9. The molecule has 0 atom stereocenters. The summed E-state index contributed by atoms with van der Waals surface area (Å²) in [7, 11) is 5.95. The number of carbonyl (C=O) groups excluding carboxylic acids is 3. The highest BCUT2D eigenvalue weighted by Gasteiger charge is 2.54. The zero-order valence-corrected chi connectivity index (χ0v) is 21.3. The molecule has 9 nitrogen and oxygen atoms in total. The van der Waals surface area contributed by atoms with E-state index in [0.717, 1.165) is 32.1 Å². The van der Waals surface area contributed by atoms with Gasteiger partial charge in [-0.3, -0.25) is 14.5 Å². The number of piperazine rings is 1. The van der Waals surface area contributed by atoms with Gasteiger partial charge in [0.2, 0.25) is 11.8 Å². The maximum atomic E-state index is 13.6. The van der Waals surface area contributed by atoms with E-state index in [1.165, 1.54) is 5.56 Å². The lowest BCUT2D eigenvalue weighted by Crippen LogP contribution is -2.55. The number of ether oxygens (including phenoxy) is 1. The van der Waals surface area contributed by atoms with Crippen LogP contribution in [0, 0.1) is 0 Å². The Hall–Kier alpha value is -2.65. The Morgan fingerprint density at radius 2 is 1.83 bits per heavy atom. The van der Waals surface area contributed by atoms with Crippen molar-refractivity contribution in [2.45, 2.75) is 43.2 Å². The van der Waals surface area contributed by atoms with Crippen LogP contribution in [-0.2, 0) is 19.9 Å². The fraction of sp³-hybridized carbons (Fsp3) is 0.654. The number of methoxy groups -OCH3 is 1. The Morgan fingerprint density at radius 1 is 1.11 bits per heavy atom. The highest BCUT2D eigenvalue weighted by molar-refractivity contribution is 5.89. The van der Waals surface area contributed by atoms with E-state index in [0.29, 0.717) is 32.8 Å². The second kappa shape index (κ2) is 10.5. The molecule has 192 valence electrons. The molecule has 1 spiro atoms. The van der Waals surface area contributed by atoms with Crippen molar-refractivity contribution >= 4 is 17.8 Å². The maximum absolute atomic E-state index is 13.6. The molecule has 1 saturated carbocycles. The summed E-state index contributed by atoms with van der Waals surface area (Å²) in [6.45, 7) is 2.77. The zero-order valence-electron chi connectivity index (χ0n) is 21.3. The number of carbonyl (C=O) groups is 3. The Kier molecular flexibility index (Phi) is 7.66. The van der Waals surface area contributed by atoms with Crippen LogP contribution >= 0.6 is 0 Å². The smallest absolute Gasteiger partial charge is 0.321 e. The molecule has 4 rings (SSSR count). The van der Waals surface area contributed by atoms with Crippen molar-refractivity contribution in [3.8, 4) is 0 Å². The monoisotopic (exact) mass is 485 g/mol. The molecule has 0 unspecified atom stereocenters. The topological polar surface area (TPSA) is 85.4 Å². The first-order chi connectivity index (χ1) is 16.8. The van der Waals surface area contributed by atoms with Gasteiger partial charge in [0.05, 0.1) is 12.1 Å². The molecular weight excluding hydrogens is 446 g/mol. The number of hydrogen-bond acceptors (Lipinski definition) is 5. The highest BCUT2D eigenvalue weighted by Crippen LogP contribution is 2.48. The van der Waals surface area contributed by atoms with Gasteiger partial charge in [0.25, 0.3) is 0 Å². The SMILES string of the molecule is COCCCN1C(=O)N(CC(=O)N2CCNC(=O)C2)C[C@]12CC[C@@](c1ccccc1)(N(C)C)CC2. The van der Waals surface area contributed by atoms with E-state index in [1.54, 1.807) is 16.9 Å². The average molecular weight is 486 g/mol.